The molecule has 3 aromatic rings. The lowest BCUT2D eigenvalue weighted by Gasteiger charge is -2.08. The molecule has 128 valence electrons. The first-order valence-electron chi connectivity index (χ1n) is 7.11. The maximum atomic E-state index is 13.7. The van der Waals surface area contributed by atoms with E-state index in [-0.39, 0.29) is 33.3 Å². The SMILES string of the molecule is COc1ccc(C(=O)Cn2cnc3c(Cl)cc(Cl)cc3c2=O)cc1F. The maximum absolute atomic E-state index is 13.7. The Morgan fingerprint density at radius 3 is 2.72 bits per heavy atom. The van der Waals surface area contributed by atoms with Crippen molar-refractivity contribution in [2.45, 2.75) is 6.54 Å². The summed E-state index contributed by atoms with van der Waals surface area (Å²) >= 11 is 11.9. The van der Waals surface area contributed by atoms with Crippen LogP contribution in [0.1, 0.15) is 10.4 Å². The van der Waals surface area contributed by atoms with E-state index in [4.69, 9.17) is 27.9 Å². The summed E-state index contributed by atoms with van der Waals surface area (Å²) < 4.78 is 19.7. The molecule has 1 heterocycles. The number of ketones is 1. The highest BCUT2D eigenvalue weighted by molar-refractivity contribution is 6.38. The van der Waals surface area contributed by atoms with Crippen LogP contribution >= 0.6 is 23.2 Å². The van der Waals surface area contributed by atoms with Crippen LogP contribution in [0.5, 0.6) is 5.75 Å². The number of fused-ring (bicyclic) bond motifs is 1. The van der Waals surface area contributed by atoms with Crippen LogP contribution in [0.25, 0.3) is 10.9 Å². The maximum Gasteiger partial charge on any atom is 0.261 e. The zero-order valence-electron chi connectivity index (χ0n) is 12.9. The largest absolute Gasteiger partial charge is 0.494 e. The van der Waals surface area contributed by atoms with Crippen LogP contribution in [-0.2, 0) is 6.54 Å². The fourth-order valence-corrected chi connectivity index (χ4v) is 2.94. The van der Waals surface area contributed by atoms with Crippen LogP contribution in [0, 0.1) is 5.82 Å². The molecular weight excluding hydrogens is 370 g/mol. The van der Waals surface area contributed by atoms with Gasteiger partial charge in [0.05, 0.1) is 35.9 Å². The molecule has 0 aliphatic carbocycles. The Hall–Kier alpha value is -2.44. The Morgan fingerprint density at radius 2 is 2.04 bits per heavy atom. The Morgan fingerprint density at radius 1 is 1.28 bits per heavy atom. The summed E-state index contributed by atoms with van der Waals surface area (Å²) in [5.74, 6) is -1.07. The van der Waals surface area contributed by atoms with Gasteiger partial charge in [0, 0.05) is 10.6 Å². The number of hydrogen-bond acceptors (Lipinski definition) is 4. The van der Waals surface area contributed by atoms with E-state index < -0.39 is 17.2 Å². The molecule has 0 unspecified atom stereocenters. The molecule has 0 atom stereocenters. The summed E-state index contributed by atoms with van der Waals surface area (Å²) in [5.41, 5.74) is -0.0404. The molecule has 2 aromatic carbocycles. The van der Waals surface area contributed by atoms with Crippen LogP contribution in [0.15, 0.2) is 41.5 Å². The quantitative estimate of drug-likeness (QED) is 0.646. The molecule has 25 heavy (non-hydrogen) atoms. The van der Waals surface area contributed by atoms with Crippen molar-refractivity contribution in [2.75, 3.05) is 7.11 Å². The molecule has 0 saturated heterocycles. The van der Waals surface area contributed by atoms with Crippen LogP contribution in [0.2, 0.25) is 10.0 Å². The van der Waals surface area contributed by atoms with Crippen molar-refractivity contribution in [3.63, 3.8) is 0 Å². The smallest absolute Gasteiger partial charge is 0.261 e. The van der Waals surface area contributed by atoms with E-state index in [1.807, 2.05) is 0 Å². The van der Waals surface area contributed by atoms with Gasteiger partial charge in [0.15, 0.2) is 17.3 Å². The van der Waals surface area contributed by atoms with Gasteiger partial charge in [-0.15, -0.1) is 0 Å². The van der Waals surface area contributed by atoms with Crippen molar-refractivity contribution >= 4 is 39.9 Å². The molecule has 8 heteroatoms. The average molecular weight is 381 g/mol. The number of benzene rings is 2. The zero-order valence-corrected chi connectivity index (χ0v) is 14.4. The van der Waals surface area contributed by atoms with Gasteiger partial charge >= 0.3 is 0 Å². The lowest BCUT2D eigenvalue weighted by Crippen LogP contribution is -2.24. The van der Waals surface area contributed by atoms with Crippen molar-refractivity contribution in [1.29, 1.82) is 0 Å². The van der Waals surface area contributed by atoms with E-state index >= 15 is 0 Å². The predicted octanol–water partition coefficient (Wildman–Crippen LogP) is 3.73. The van der Waals surface area contributed by atoms with Gasteiger partial charge in [-0.05, 0) is 30.3 Å². The second-order valence-electron chi connectivity index (χ2n) is 5.23. The number of hydrogen-bond donors (Lipinski definition) is 0. The number of halogens is 3. The molecular formula is C17H11Cl2FN2O3. The average Bonchev–Trinajstić information content (AvgIpc) is 2.57. The summed E-state index contributed by atoms with van der Waals surface area (Å²) in [6.07, 6.45) is 1.22. The number of nitrogens with zero attached hydrogens (tertiary/aromatic N) is 2. The van der Waals surface area contributed by atoms with Crippen molar-refractivity contribution < 1.29 is 13.9 Å². The minimum atomic E-state index is -0.657. The molecule has 0 amide bonds. The Kier molecular flexibility index (Phi) is 4.74. The molecule has 0 spiro atoms. The number of aromatic nitrogens is 2. The molecule has 3 rings (SSSR count). The van der Waals surface area contributed by atoms with Crippen LogP contribution < -0.4 is 10.3 Å². The highest BCUT2D eigenvalue weighted by Gasteiger charge is 2.14. The topological polar surface area (TPSA) is 61.2 Å². The van der Waals surface area contributed by atoms with Crippen LogP contribution in [0.3, 0.4) is 0 Å². The number of carbonyl (C=O) groups excluding carboxylic acids is 1. The van der Waals surface area contributed by atoms with E-state index in [2.05, 4.69) is 4.98 Å². The predicted molar refractivity (Wildman–Crippen MR) is 93.3 cm³/mol. The number of Topliss-reactive ketones (excluding diaryl/α,β-unsaturated/α-hetero) is 1. The van der Waals surface area contributed by atoms with Gasteiger partial charge in [0.1, 0.15) is 0 Å². The lowest BCUT2D eigenvalue weighted by atomic mass is 10.1. The van der Waals surface area contributed by atoms with Crippen molar-refractivity contribution in [3.8, 4) is 5.75 Å². The molecule has 0 saturated carbocycles. The molecule has 5 nitrogen and oxygen atoms in total. The summed E-state index contributed by atoms with van der Waals surface area (Å²) in [6, 6.07) is 6.76. The number of rotatable bonds is 4. The van der Waals surface area contributed by atoms with Crippen molar-refractivity contribution in [2.24, 2.45) is 0 Å². The van der Waals surface area contributed by atoms with Gasteiger partial charge in [0.2, 0.25) is 0 Å². The number of carbonyl (C=O) groups is 1. The third-order valence-corrected chi connectivity index (χ3v) is 4.14. The summed E-state index contributed by atoms with van der Waals surface area (Å²) in [7, 11) is 1.33. The van der Waals surface area contributed by atoms with Crippen molar-refractivity contribution in [3.05, 3.63) is 68.4 Å². The fourth-order valence-electron chi connectivity index (χ4n) is 2.39. The minimum Gasteiger partial charge on any atom is -0.494 e. The van der Waals surface area contributed by atoms with E-state index in [0.717, 1.165) is 10.6 Å². The van der Waals surface area contributed by atoms with E-state index in [1.165, 1.54) is 37.7 Å². The number of ether oxygens (including phenoxy) is 1. The van der Waals surface area contributed by atoms with Gasteiger partial charge in [0.25, 0.3) is 5.56 Å². The minimum absolute atomic E-state index is 0.0328. The van der Waals surface area contributed by atoms with Crippen molar-refractivity contribution in [1.82, 2.24) is 9.55 Å². The highest BCUT2D eigenvalue weighted by Crippen LogP contribution is 2.24. The Bertz CT molecular complexity index is 1050. The van der Waals surface area contributed by atoms with Gasteiger partial charge < -0.3 is 4.74 Å². The van der Waals surface area contributed by atoms with E-state index in [9.17, 15) is 14.0 Å². The molecule has 0 N–H and O–H groups in total. The standard InChI is InChI=1S/C17H11Cl2FN2O3/c1-25-15-3-2-9(4-13(15)20)14(23)7-22-8-21-16-11(17(22)24)5-10(18)6-12(16)19/h2-6,8H,7H2,1H3. The van der Waals surface area contributed by atoms with Crippen LogP contribution in [0.4, 0.5) is 4.39 Å². The monoisotopic (exact) mass is 380 g/mol. The lowest BCUT2D eigenvalue weighted by molar-refractivity contribution is 0.0970. The molecule has 0 aliphatic heterocycles. The third-order valence-electron chi connectivity index (χ3n) is 3.63. The van der Waals surface area contributed by atoms with Gasteiger partial charge in [-0.2, -0.15) is 0 Å². The first-order chi connectivity index (χ1) is 11.9. The summed E-state index contributed by atoms with van der Waals surface area (Å²) in [5, 5.41) is 0.738. The first kappa shape index (κ1) is 17.4. The Balaban J connectivity index is 1.98. The van der Waals surface area contributed by atoms with Gasteiger partial charge in [-0.25, -0.2) is 9.37 Å². The second kappa shape index (κ2) is 6.82. The zero-order chi connectivity index (χ0) is 18.1. The normalized spacial score (nSPS) is 10.9. The Labute approximate surface area is 151 Å². The van der Waals surface area contributed by atoms with E-state index in [0.29, 0.717) is 5.52 Å². The summed E-state index contributed by atoms with van der Waals surface area (Å²) in [6.45, 7) is -0.294. The molecule has 0 radical (unpaired) electrons. The van der Waals surface area contributed by atoms with Crippen LogP contribution in [-0.4, -0.2) is 22.4 Å². The molecule has 1 aromatic heterocycles. The fraction of sp³-hybridized carbons (Fsp3) is 0.118. The first-order valence-corrected chi connectivity index (χ1v) is 7.87. The highest BCUT2D eigenvalue weighted by atomic mass is 35.5. The van der Waals surface area contributed by atoms with E-state index in [1.54, 1.807) is 0 Å². The van der Waals surface area contributed by atoms with Gasteiger partial charge in [-0.1, -0.05) is 23.2 Å². The van der Waals surface area contributed by atoms with Gasteiger partial charge in [-0.3, -0.25) is 14.2 Å². The summed E-state index contributed by atoms with van der Waals surface area (Å²) in [4.78, 5) is 29.0. The molecule has 0 aliphatic rings. The molecule has 0 bridgehead atoms. The number of methoxy groups -OCH3 is 1. The molecule has 0 fully saturated rings. The third kappa shape index (κ3) is 3.36. The second-order valence-corrected chi connectivity index (χ2v) is 6.08.